The Labute approximate surface area is 122 Å². The molecule has 6 nitrogen and oxygen atoms in total. The van der Waals surface area contributed by atoms with E-state index in [1.165, 1.54) is 6.33 Å². The molecule has 1 unspecified atom stereocenters. The number of fused-ring (bicyclic) bond motifs is 1. The van der Waals surface area contributed by atoms with Gasteiger partial charge in [0.25, 0.3) is 0 Å². The molecule has 1 aromatic carbocycles. The van der Waals surface area contributed by atoms with Crippen LogP contribution in [-0.4, -0.2) is 22.1 Å². The molecule has 6 heteroatoms. The van der Waals surface area contributed by atoms with Crippen LogP contribution in [0.5, 0.6) is 5.88 Å². The number of rotatable bonds is 4. The van der Waals surface area contributed by atoms with Crippen molar-refractivity contribution in [3.63, 3.8) is 0 Å². The van der Waals surface area contributed by atoms with Crippen molar-refractivity contribution < 1.29 is 4.74 Å². The largest absolute Gasteiger partial charge is 0.481 e. The molecule has 3 aromatic rings. The summed E-state index contributed by atoms with van der Waals surface area (Å²) in [6, 6.07) is 11.4. The van der Waals surface area contributed by atoms with Crippen LogP contribution >= 0.6 is 0 Å². The third kappa shape index (κ3) is 2.54. The number of aromatic nitrogens is 3. The molecule has 0 radical (unpaired) electrons. The molecule has 0 saturated heterocycles. The molecule has 106 valence electrons. The molecule has 0 fully saturated rings. The van der Waals surface area contributed by atoms with Gasteiger partial charge in [0.05, 0.1) is 24.4 Å². The van der Waals surface area contributed by atoms with E-state index in [1.807, 2.05) is 30.3 Å². The Morgan fingerprint density at radius 1 is 1.14 bits per heavy atom. The minimum absolute atomic E-state index is 0.291. The monoisotopic (exact) mass is 281 g/mol. The summed E-state index contributed by atoms with van der Waals surface area (Å²) in [5.41, 5.74) is 5.36. The highest BCUT2D eigenvalue weighted by molar-refractivity contribution is 5.82. The third-order valence-corrected chi connectivity index (χ3v) is 3.31. The van der Waals surface area contributed by atoms with E-state index in [4.69, 9.17) is 10.6 Å². The second-order valence-electron chi connectivity index (χ2n) is 4.51. The van der Waals surface area contributed by atoms with Gasteiger partial charge in [0.15, 0.2) is 0 Å². The molecule has 0 amide bonds. The van der Waals surface area contributed by atoms with E-state index in [9.17, 15) is 0 Å². The average molecular weight is 281 g/mol. The lowest BCUT2D eigenvalue weighted by Crippen LogP contribution is -2.29. The van der Waals surface area contributed by atoms with Gasteiger partial charge < -0.3 is 4.74 Å². The number of ether oxygens (including phenoxy) is 1. The van der Waals surface area contributed by atoms with E-state index in [2.05, 4.69) is 20.4 Å². The van der Waals surface area contributed by atoms with Crippen molar-refractivity contribution >= 4 is 10.9 Å². The lowest BCUT2D eigenvalue weighted by atomic mass is 10.0. The van der Waals surface area contributed by atoms with Crippen molar-refractivity contribution in [2.75, 3.05) is 7.11 Å². The maximum Gasteiger partial charge on any atom is 0.216 e. The van der Waals surface area contributed by atoms with Crippen LogP contribution in [0.1, 0.15) is 17.3 Å². The molecular formula is C15H15N5O. The van der Waals surface area contributed by atoms with Crippen molar-refractivity contribution in [2.24, 2.45) is 5.84 Å². The fourth-order valence-electron chi connectivity index (χ4n) is 2.32. The smallest absolute Gasteiger partial charge is 0.216 e. The van der Waals surface area contributed by atoms with E-state index in [-0.39, 0.29) is 6.04 Å². The second-order valence-corrected chi connectivity index (χ2v) is 4.51. The first kappa shape index (κ1) is 13.4. The van der Waals surface area contributed by atoms with Gasteiger partial charge in [-0.2, -0.15) is 0 Å². The topological polar surface area (TPSA) is 86.0 Å². The number of nitrogens with one attached hydrogen (secondary N) is 1. The Kier molecular flexibility index (Phi) is 3.72. The molecule has 1 atom stereocenters. The maximum absolute atomic E-state index is 5.74. The van der Waals surface area contributed by atoms with Gasteiger partial charge in [0, 0.05) is 23.2 Å². The Morgan fingerprint density at radius 3 is 2.81 bits per heavy atom. The Hall–Kier alpha value is -2.57. The van der Waals surface area contributed by atoms with Crippen LogP contribution in [0.15, 0.2) is 48.9 Å². The lowest BCUT2D eigenvalue weighted by Gasteiger charge is -2.17. The average Bonchev–Trinajstić information content (AvgIpc) is 2.56. The van der Waals surface area contributed by atoms with E-state index >= 15 is 0 Å². The van der Waals surface area contributed by atoms with Crippen LogP contribution in [0.2, 0.25) is 0 Å². The first-order chi connectivity index (χ1) is 10.3. The van der Waals surface area contributed by atoms with Gasteiger partial charge in [0.2, 0.25) is 5.88 Å². The summed E-state index contributed by atoms with van der Waals surface area (Å²) in [7, 11) is 1.57. The normalized spacial score (nSPS) is 12.3. The van der Waals surface area contributed by atoms with Crippen molar-refractivity contribution in [2.45, 2.75) is 6.04 Å². The van der Waals surface area contributed by atoms with Gasteiger partial charge in [-0.1, -0.05) is 24.3 Å². The first-order valence-electron chi connectivity index (χ1n) is 6.49. The van der Waals surface area contributed by atoms with Crippen LogP contribution in [-0.2, 0) is 0 Å². The fourth-order valence-corrected chi connectivity index (χ4v) is 2.32. The van der Waals surface area contributed by atoms with Crippen LogP contribution in [0, 0.1) is 0 Å². The number of hydrogen-bond acceptors (Lipinski definition) is 6. The van der Waals surface area contributed by atoms with Gasteiger partial charge in [-0.25, -0.2) is 15.4 Å². The summed E-state index contributed by atoms with van der Waals surface area (Å²) >= 11 is 0. The van der Waals surface area contributed by atoms with Gasteiger partial charge in [-0.05, 0) is 6.07 Å². The Morgan fingerprint density at radius 2 is 2.00 bits per heavy atom. The number of nitrogens with zero attached hydrogens (tertiary/aromatic N) is 3. The number of benzene rings is 1. The number of hydrazine groups is 1. The van der Waals surface area contributed by atoms with Crippen LogP contribution in [0.3, 0.4) is 0 Å². The zero-order chi connectivity index (χ0) is 14.7. The highest BCUT2D eigenvalue weighted by Gasteiger charge is 2.18. The van der Waals surface area contributed by atoms with E-state index in [1.54, 1.807) is 19.4 Å². The lowest BCUT2D eigenvalue weighted by molar-refractivity contribution is 0.395. The molecule has 0 bridgehead atoms. The summed E-state index contributed by atoms with van der Waals surface area (Å²) in [4.78, 5) is 12.7. The number of hydrogen-bond donors (Lipinski definition) is 2. The van der Waals surface area contributed by atoms with Crippen molar-refractivity contribution in [3.05, 3.63) is 60.2 Å². The van der Waals surface area contributed by atoms with Crippen LogP contribution < -0.4 is 16.0 Å². The predicted octanol–water partition coefficient (Wildman–Crippen LogP) is 1.59. The summed E-state index contributed by atoms with van der Waals surface area (Å²) in [5.74, 6) is 6.23. The zero-order valence-corrected chi connectivity index (χ0v) is 11.5. The predicted molar refractivity (Wildman–Crippen MR) is 79.5 cm³/mol. The summed E-state index contributed by atoms with van der Waals surface area (Å²) in [6.07, 6.45) is 3.22. The molecule has 0 aliphatic heterocycles. The molecule has 0 saturated carbocycles. The van der Waals surface area contributed by atoms with Crippen molar-refractivity contribution in [3.8, 4) is 5.88 Å². The number of pyridine rings is 1. The van der Waals surface area contributed by atoms with Crippen LogP contribution in [0.25, 0.3) is 10.9 Å². The SMILES string of the molecule is COc1cc(C(NN)c2cccc3cccnc23)ncn1. The molecule has 3 rings (SSSR count). The summed E-state index contributed by atoms with van der Waals surface area (Å²) in [5, 5.41) is 1.05. The highest BCUT2D eigenvalue weighted by atomic mass is 16.5. The minimum atomic E-state index is -0.291. The zero-order valence-electron chi connectivity index (χ0n) is 11.5. The van der Waals surface area contributed by atoms with Crippen molar-refractivity contribution in [1.29, 1.82) is 0 Å². The van der Waals surface area contributed by atoms with E-state index in [0.717, 1.165) is 22.2 Å². The molecule has 0 aliphatic rings. The standard InChI is InChI=1S/C15H15N5O/c1-21-13-8-12(18-9-19-13)15(20-16)11-6-2-4-10-5-3-7-17-14(10)11/h2-9,15,20H,16H2,1H3. The van der Waals surface area contributed by atoms with Gasteiger partial charge in [-0.3, -0.25) is 10.8 Å². The molecule has 0 aliphatic carbocycles. The summed E-state index contributed by atoms with van der Waals surface area (Å²) in [6.45, 7) is 0. The van der Waals surface area contributed by atoms with E-state index in [0.29, 0.717) is 5.88 Å². The molecule has 2 heterocycles. The van der Waals surface area contributed by atoms with Gasteiger partial charge in [0.1, 0.15) is 6.33 Å². The summed E-state index contributed by atoms with van der Waals surface area (Å²) < 4.78 is 5.14. The number of nitrogens with two attached hydrogens (primary N) is 1. The Balaban J connectivity index is 2.13. The highest BCUT2D eigenvalue weighted by Crippen LogP contribution is 2.27. The van der Waals surface area contributed by atoms with Crippen molar-refractivity contribution in [1.82, 2.24) is 20.4 Å². The maximum atomic E-state index is 5.74. The molecule has 0 spiro atoms. The number of methoxy groups -OCH3 is 1. The van der Waals surface area contributed by atoms with Gasteiger partial charge in [-0.15, -0.1) is 0 Å². The molecule has 21 heavy (non-hydrogen) atoms. The third-order valence-electron chi connectivity index (χ3n) is 3.31. The molecular weight excluding hydrogens is 266 g/mol. The fraction of sp³-hybridized carbons (Fsp3) is 0.133. The Bertz CT molecular complexity index is 756. The molecule has 2 aromatic heterocycles. The molecule has 3 N–H and O–H groups in total. The number of para-hydroxylation sites is 1. The van der Waals surface area contributed by atoms with E-state index < -0.39 is 0 Å². The second kappa shape index (κ2) is 5.82. The quantitative estimate of drug-likeness (QED) is 0.558. The minimum Gasteiger partial charge on any atom is -0.481 e. The van der Waals surface area contributed by atoms with Crippen LogP contribution in [0.4, 0.5) is 0 Å². The first-order valence-corrected chi connectivity index (χ1v) is 6.49. The van der Waals surface area contributed by atoms with Gasteiger partial charge >= 0.3 is 0 Å².